The van der Waals surface area contributed by atoms with Crippen molar-refractivity contribution in [1.29, 1.82) is 0 Å². The van der Waals surface area contributed by atoms with Crippen LogP contribution in [0.4, 0.5) is 16.2 Å². The smallest absolute Gasteiger partial charge is 0.321 e. The van der Waals surface area contributed by atoms with Crippen LogP contribution in [0.5, 0.6) is 0 Å². The first-order valence-electron chi connectivity index (χ1n) is 8.89. The maximum absolute atomic E-state index is 12.4. The van der Waals surface area contributed by atoms with Crippen molar-refractivity contribution in [2.45, 2.75) is 44.2 Å². The van der Waals surface area contributed by atoms with Gasteiger partial charge < -0.3 is 16.0 Å². The molecule has 1 aromatic rings. The van der Waals surface area contributed by atoms with Crippen LogP contribution in [0, 0.1) is 5.92 Å². The number of urea groups is 1. The van der Waals surface area contributed by atoms with E-state index >= 15 is 0 Å². The minimum Gasteiger partial charge on any atom is -0.336 e. The fraction of sp³-hybridized carbons (Fsp3) is 0.556. The molecule has 3 aliphatic rings. The van der Waals surface area contributed by atoms with Gasteiger partial charge in [-0.3, -0.25) is 9.69 Å². The quantitative estimate of drug-likeness (QED) is 0.792. The number of piperidine rings is 1. The fourth-order valence-corrected chi connectivity index (χ4v) is 4.29. The van der Waals surface area contributed by atoms with Gasteiger partial charge in [0.2, 0.25) is 5.91 Å². The lowest BCUT2D eigenvalue weighted by Crippen LogP contribution is -2.39. The molecule has 2 atom stereocenters. The van der Waals surface area contributed by atoms with Crippen molar-refractivity contribution in [3.8, 4) is 0 Å². The second-order valence-corrected chi connectivity index (χ2v) is 7.16. The molecular formula is C18H24N4O2. The van der Waals surface area contributed by atoms with Crippen LogP contribution in [-0.4, -0.2) is 37.1 Å². The summed E-state index contributed by atoms with van der Waals surface area (Å²) in [6.07, 6.45) is 5.31. The van der Waals surface area contributed by atoms with E-state index in [4.69, 9.17) is 0 Å². The third-order valence-corrected chi connectivity index (χ3v) is 5.34. The summed E-state index contributed by atoms with van der Waals surface area (Å²) in [6, 6.07) is 8.66. The molecule has 2 bridgehead atoms. The van der Waals surface area contributed by atoms with Gasteiger partial charge in [-0.05, 0) is 49.8 Å². The number of carbonyl (C=O) groups is 2. The van der Waals surface area contributed by atoms with Crippen molar-refractivity contribution in [1.82, 2.24) is 10.6 Å². The van der Waals surface area contributed by atoms with E-state index in [0.717, 1.165) is 24.2 Å². The Bertz CT molecular complexity index is 636. The third kappa shape index (κ3) is 3.24. The predicted molar refractivity (Wildman–Crippen MR) is 93.1 cm³/mol. The summed E-state index contributed by atoms with van der Waals surface area (Å²) in [5.74, 6) is 0.556. The normalized spacial score (nSPS) is 28.8. The summed E-state index contributed by atoms with van der Waals surface area (Å²) in [4.78, 5) is 25.8. The molecule has 3 saturated heterocycles. The Morgan fingerprint density at radius 3 is 2.75 bits per heavy atom. The van der Waals surface area contributed by atoms with Crippen molar-refractivity contribution in [3.05, 3.63) is 24.3 Å². The van der Waals surface area contributed by atoms with Crippen LogP contribution in [0.3, 0.4) is 0 Å². The number of hydrogen-bond acceptors (Lipinski definition) is 3. The number of anilines is 2. The molecule has 3 aliphatic heterocycles. The minimum absolute atomic E-state index is 0.0734. The molecule has 0 spiro atoms. The average molecular weight is 328 g/mol. The second kappa shape index (κ2) is 6.43. The summed E-state index contributed by atoms with van der Waals surface area (Å²) >= 11 is 0. The molecule has 24 heavy (non-hydrogen) atoms. The molecule has 3 N–H and O–H groups in total. The molecule has 0 radical (unpaired) electrons. The zero-order valence-electron chi connectivity index (χ0n) is 13.8. The summed E-state index contributed by atoms with van der Waals surface area (Å²) in [7, 11) is 0. The third-order valence-electron chi connectivity index (χ3n) is 5.34. The van der Waals surface area contributed by atoms with E-state index < -0.39 is 0 Å². The Hall–Kier alpha value is -2.08. The van der Waals surface area contributed by atoms with E-state index in [1.165, 1.54) is 12.8 Å². The second-order valence-electron chi connectivity index (χ2n) is 7.16. The van der Waals surface area contributed by atoms with Gasteiger partial charge in [0.25, 0.3) is 0 Å². The van der Waals surface area contributed by atoms with Gasteiger partial charge in [0, 0.05) is 43.0 Å². The monoisotopic (exact) mass is 328 g/mol. The lowest BCUT2D eigenvalue weighted by molar-refractivity contribution is -0.117. The standard InChI is InChI=1S/C18H24N4O2/c23-17(10-12-8-14-4-5-15(9-12)20-14)21-13-2-1-3-16(11-13)22-7-6-19-18(22)24/h1-3,11-12,14-15,20H,4-10H2,(H,19,24)(H,21,23). The number of carbonyl (C=O) groups excluding carboxylic acids is 2. The summed E-state index contributed by atoms with van der Waals surface area (Å²) in [5.41, 5.74) is 1.58. The molecule has 0 aliphatic carbocycles. The van der Waals surface area contributed by atoms with Crippen molar-refractivity contribution in [2.75, 3.05) is 23.3 Å². The molecule has 3 heterocycles. The number of benzene rings is 1. The molecule has 3 amide bonds. The molecule has 128 valence electrons. The number of amides is 3. The topological polar surface area (TPSA) is 73.5 Å². The Kier molecular flexibility index (Phi) is 4.14. The first kappa shape index (κ1) is 15.4. The highest BCUT2D eigenvalue weighted by Gasteiger charge is 2.34. The van der Waals surface area contributed by atoms with Gasteiger partial charge in [0.15, 0.2) is 0 Å². The Morgan fingerprint density at radius 2 is 2.04 bits per heavy atom. The van der Waals surface area contributed by atoms with Crippen molar-refractivity contribution in [3.63, 3.8) is 0 Å². The number of nitrogens with one attached hydrogen (secondary N) is 3. The van der Waals surface area contributed by atoms with Gasteiger partial charge in [0.05, 0.1) is 0 Å². The van der Waals surface area contributed by atoms with Gasteiger partial charge in [-0.1, -0.05) is 6.07 Å². The summed E-state index contributed by atoms with van der Waals surface area (Å²) in [6.45, 7) is 1.32. The van der Waals surface area contributed by atoms with E-state index in [1.54, 1.807) is 4.90 Å². The molecule has 6 heteroatoms. The molecule has 0 saturated carbocycles. The fourth-order valence-electron chi connectivity index (χ4n) is 4.29. The van der Waals surface area contributed by atoms with Crippen LogP contribution < -0.4 is 20.9 Å². The number of nitrogens with zero attached hydrogens (tertiary/aromatic N) is 1. The van der Waals surface area contributed by atoms with Crippen LogP contribution >= 0.6 is 0 Å². The highest BCUT2D eigenvalue weighted by molar-refractivity contribution is 5.96. The van der Waals surface area contributed by atoms with E-state index in [0.29, 0.717) is 37.5 Å². The number of rotatable bonds is 4. The predicted octanol–water partition coefficient (Wildman–Crippen LogP) is 2.08. The molecule has 3 fully saturated rings. The van der Waals surface area contributed by atoms with Crippen molar-refractivity contribution in [2.24, 2.45) is 5.92 Å². The molecule has 6 nitrogen and oxygen atoms in total. The van der Waals surface area contributed by atoms with E-state index in [1.807, 2.05) is 24.3 Å². The molecule has 1 aromatic carbocycles. The zero-order chi connectivity index (χ0) is 16.5. The number of fused-ring (bicyclic) bond motifs is 2. The Balaban J connectivity index is 1.36. The van der Waals surface area contributed by atoms with E-state index in [2.05, 4.69) is 16.0 Å². The molecular weight excluding hydrogens is 304 g/mol. The van der Waals surface area contributed by atoms with Crippen LogP contribution in [0.15, 0.2) is 24.3 Å². The Morgan fingerprint density at radius 1 is 1.25 bits per heavy atom. The van der Waals surface area contributed by atoms with Crippen LogP contribution in [0.25, 0.3) is 0 Å². The Labute approximate surface area is 142 Å². The summed E-state index contributed by atoms with van der Waals surface area (Å²) in [5, 5.41) is 9.40. The van der Waals surface area contributed by atoms with Crippen LogP contribution in [0.2, 0.25) is 0 Å². The maximum atomic E-state index is 12.4. The van der Waals surface area contributed by atoms with Crippen molar-refractivity contribution < 1.29 is 9.59 Å². The van der Waals surface area contributed by atoms with Crippen LogP contribution in [0.1, 0.15) is 32.1 Å². The van der Waals surface area contributed by atoms with Gasteiger partial charge in [-0.15, -0.1) is 0 Å². The van der Waals surface area contributed by atoms with E-state index in [-0.39, 0.29) is 11.9 Å². The average Bonchev–Trinajstić information content (AvgIpc) is 3.13. The largest absolute Gasteiger partial charge is 0.336 e. The summed E-state index contributed by atoms with van der Waals surface area (Å²) < 4.78 is 0. The van der Waals surface area contributed by atoms with Crippen molar-refractivity contribution >= 4 is 23.3 Å². The van der Waals surface area contributed by atoms with Gasteiger partial charge in [0.1, 0.15) is 0 Å². The SMILES string of the molecule is O=C(CC1CC2CCC(C1)N2)Nc1cccc(N2CCNC2=O)c1. The van der Waals surface area contributed by atoms with E-state index in [9.17, 15) is 9.59 Å². The van der Waals surface area contributed by atoms with Gasteiger partial charge >= 0.3 is 6.03 Å². The zero-order valence-corrected chi connectivity index (χ0v) is 13.8. The lowest BCUT2D eigenvalue weighted by Gasteiger charge is -2.28. The minimum atomic E-state index is -0.0799. The van der Waals surface area contributed by atoms with Crippen LogP contribution in [-0.2, 0) is 4.79 Å². The number of hydrogen-bond donors (Lipinski definition) is 3. The molecule has 4 rings (SSSR count). The highest BCUT2D eigenvalue weighted by atomic mass is 16.2. The molecule has 2 unspecified atom stereocenters. The highest BCUT2D eigenvalue weighted by Crippen LogP contribution is 2.33. The molecule has 0 aromatic heterocycles. The lowest BCUT2D eigenvalue weighted by atomic mass is 9.89. The van der Waals surface area contributed by atoms with Gasteiger partial charge in [-0.25, -0.2) is 4.79 Å². The van der Waals surface area contributed by atoms with Gasteiger partial charge in [-0.2, -0.15) is 0 Å². The first-order valence-corrected chi connectivity index (χ1v) is 8.89. The maximum Gasteiger partial charge on any atom is 0.321 e. The first-order chi connectivity index (χ1) is 11.7.